The van der Waals surface area contributed by atoms with Crippen molar-refractivity contribution in [2.24, 2.45) is 0 Å². The number of rotatable bonds is 2. The van der Waals surface area contributed by atoms with Crippen LogP contribution in [0.3, 0.4) is 0 Å². The Hall–Kier alpha value is -0.770. The van der Waals surface area contributed by atoms with Crippen molar-refractivity contribution in [1.82, 2.24) is 4.90 Å². The Morgan fingerprint density at radius 2 is 1.85 bits per heavy atom. The SMILES string of the molecule is COC(C)N(C)C(=O)OC(C)(C)C. The summed E-state index contributed by atoms with van der Waals surface area (Å²) in [5.74, 6) is 0. The summed E-state index contributed by atoms with van der Waals surface area (Å²) in [4.78, 5) is 12.8. The minimum absolute atomic E-state index is 0.269. The molecule has 1 amide bonds. The van der Waals surface area contributed by atoms with Gasteiger partial charge < -0.3 is 9.47 Å². The Labute approximate surface area is 79.8 Å². The fourth-order valence-corrected chi connectivity index (χ4v) is 0.640. The topological polar surface area (TPSA) is 38.8 Å². The van der Waals surface area contributed by atoms with E-state index in [2.05, 4.69) is 0 Å². The molecule has 0 rings (SSSR count). The van der Waals surface area contributed by atoms with Gasteiger partial charge in [-0.3, -0.25) is 4.90 Å². The van der Waals surface area contributed by atoms with Gasteiger partial charge in [-0.25, -0.2) is 4.79 Å². The molecule has 0 aromatic carbocycles. The van der Waals surface area contributed by atoms with Gasteiger partial charge in [0.25, 0.3) is 0 Å². The van der Waals surface area contributed by atoms with Crippen molar-refractivity contribution in [2.75, 3.05) is 14.2 Å². The number of nitrogens with zero attached hydrogens (tertiary/aromatic N) is 1. The van der Waals surface area contributed by atoms with Gasteiger partial charge in [-0.1, -0.05) is 0 Å². The summed E-state index contributed by atoms with van der Waals surface area (Å²) >= 11 is 0. The van der Waals surface area contributed by atoms with Gasteiger partial charge in [0.05, 0.1) is 0 Å². The number of hydrogen-bond donors (Lipinski definition) is 0. The lowest BCUT2D eigenvalue weighted by molar-refractivity contribution is -0.0305. The normalized spacial score (nSPS) is 13.7. The average Bonchev–Trinajstić information content (AvgIpc) is 1.98. The van der Waals surface area contributed by atoms with Gasteiger partial charge in [-0.2, -0.15) is 0 Å². The van der Waals surface area contributed by atoms with Gasteiger partial charge in [0.1, 0.15) is 11.8 Å². The van der Waals surface area contributed by atoms with Crippen LogP contribution in [0.4, 0.5) is 4.79 Å². The summed E-state index contributed by atoms with van der Waals surface area (Å²) < 4.78 is 10.1. The zero-order valence-electron chi connectivity index (χ0n) is 9.25. The fraction of sp³-hybridized carbons (Fsp3) is 0.889. The summed E-state index contributed by atoms with van der Waals surface area (Å²) in [7, 11) is 3.19. The summed E-state index contributed by atoms with van der Waals surface area (Å²) in [6, 6.07) is 0. The molecule has 0 aliphatic carbocycles. The predicted octanol–water partition coefficient (Wildman–Crippen LogP) is 1.85. The minimum Gasteiger partial charge on any atom is -0.444 e. The van der Waals surface area contributed by atoms with Crippen LogP contribution in [0.25, 0.3) is 0 Å². The molecular weight excluding hydrogens is 170 g/mol. The summed E-state index contributed by atoms with van der Waals surface area (Å²) in [5, 5.41) is 0. The average molecular weight is 189 g/mol. The molecule has 0 N–H and O–H groups in total. The predicted molar refractivity (Wildman–Crippen MR) is 50.5 cm³/mol. The number of ether oxygens (including phenoxy) is 2. The lowest BCUT2D eigenvalue weighted by atomic mass is 10.2. The van der Waals surface area contributed by atoms with Crippen LogP contribution < -0.4 is 0 Å². The molecule has 1 unspecified atom stereocenters. The molecule has 0 aromatic rings. The molecule has 0 radical (unpaired) electrons. The highest BCUT2D eigenvalue weighted by Crippen LogP contribution is 2.10. The summed E-state index contributed by atoms with van der Waals surface area (Å²) in [5.41, 5.74) is -0.460. The number of carbonyl (C=O) groups excluding carboxylic acids is 1. The van der Waals surface area contributed by atoms with Gasteiger partial charge in [-0.05, 0) is 27.7 Å². The maximum atomic E-state index is 11.4. The number of methoxy groups -OCH3 is 1. The molecule has 78 valence electrons. The zero-order valence-corrected chi connectivity index (χ0v) is 9.25. The Balaban J connectivity index is 4.12. The quantitative estimate of drug-likeness (QED) is 0.622. The van der Waals surface area contributed by atoms with Crippen LogP contribution in [0.5, 0.6) is 0 Å². The standard InChI is InChI=1S/C9H19NO3/c1-7(12-6)10(5)8(11)13-9(2,3)4/h7H,1-6H3. The van der Waals surface area contributed by atoms with Gasteiger partial charge in [0, 0.05) is 14.2 Å². The number of carbonyl (C=O) groups is 1. The first kappa shape index (κ1) is 12.2. The Morgan fingerprint density at radius 1 is 1.38 bits per heavy atom. The molecular formula is C9H19NO3. The molecule has 0 aliphatic heterocycles. The highest BCUT2D eigenvalue weighted by Gasteiger charge is 2.22. The van der Waals surface area contributed by atoms with Gasteiger partial charge >= 0.3 is 6.09 Å². The second-order valence-corrected chi connectivity index (χ2v) is 3.93. The van der Waals surface area contributed by atoms with Gasteiger partial charge in [-0.15, -0.1) is 0 Å². The first-order valence-electron chi connectivity index (χ1n) is 4.26. The molecule has 0 saturated heterocycles. The van der Waals surface area contributed by atoms with Gasteiger partial charge in [0.2, 0.25) is 0 Å². The largest absolute Gasteiger partial charge is 0.444 e. The van der Waals surface area contributed by atoms with Crippen LogP contribution in [0.15, 0.2) is 0 Å². The highest BCUT2D eigenvalue weighted by atomic mass is 16.6. The third-order valence-electron chi connectivity index (χ3n) is 1.57. The maximum Gasteiger partial charge on any atom is 0.412 e. The third-order valence-corrected chi connectivity index (χ3v) is 1.57. The van der Waals surface area contributed by atoms with E-state index >= 15 is 0 Å². The fourth-order valence-electron chi connectivity index (χ4n) is 0.640. The molecule has 0 fully saturated rings. The molecule has 1 atom stereocenters. The van der Waals surface area contributed by atoms with Crippen molar-refractivity contribution in [3.05, 3.63) is 0 Å². The van der Waals surface area contributed by atoms with E-state index in [0.717, 1.165) is 0 Å². The smallest absolute Gasteiger partial charge is 0.412 e. The van der Waals surface area contributed by atoms with E-state index in [9.17, 15) is 4.79 Å². The third kappa shape index (κ3) is 4.72. The molecule has 13 heavy (non-hydrogen) atoms. The molecule has 4 heteroatoms. The van der Waals surface area contributed by atoms with E-state index in [4.69, 9.17) is 9.47 Å². The van der Waals surface area contributed by atoms with Crippen LogP contribution in [0, 0.1) is 0 Å². The molecule has 0 spiro atoms. The summed E-state index contributed by atoms with van der Waals surface area (Å²) in [6.45, 7) is 7.27. The number of hydrogen-bond acceptors (Lipinski definition) is 3. The van der Waals surface area contributed by atoms with E-state index in [1.54, 1.807) is 21.1 Å². The molecule has 4 nitrogen and oxygen atoms in total. The van der Waals surface area contributed by atoms with Crippen molar-refractivity contribution in [3.8, 4) is 0 Å². The Kier molecular flexibility index (Phi) is 4.20. The van der Waals surface area contributed by atoms with E-state index < -0.39 is 5.60 Å². The van der Waals surface area contributed by atoms with Crippen molar-refractivity contribution < 1.29 is 14.3 Å². The van der Waals surface area contributed by atoms with Gasteiger partial charge in [0.15, 0.2) is 0 Å². The molecule has 0 heterocycles. The Morgan fingerprint density at radius 3 is 2.15 bits per heavy atom. The van der Waals surface area contributed by atoms with Crippen molar-refractivity contribution in [1.29, 1.82) is 0 Å². The minimum atomic E-state index is -0.460. The van der Waals surface area contributed by atoms with Crippen LogP contribution in [0.1, 0.15) is 27.7 Å². The van der Waals surface area contributed by atoms with E-state index in [1.807, 2.05) is 20.8 Å². The first-order valence-corrected chi connectivity index (χ1v) is 4.26. The van der Waals surface area contributed by atoms with Crippen LogP contribution in [0.2, 0.25) is 0 Å². The monoisotopic (exact) mass is 189 g/mol. The maximum absolute atomic E-state index is 11.4. The van der Waals surface area contributed by atoms with E-state index in [0.29, 0.717) is 0 Å². The lowest BCUT2D eigenvalue weighted by Gasteiger charge is -2.27. The second kappa shape index (κ2) is 4.46. The van der Waals surface area contributed by atoms with Crippen LogP contribution in [-0.4, -0.2) is 37.0 Å². The lowest BCUT2D eigenvalue weighted by Crippen LogP contribution is -2.40. The first-order chi connectivity index (χ1) is 5.78. The van der Waals surface area contributed by atoms with Crippen molar-refractivity contribution in [3.63, 3.8) is 0 Å². The number of amides is 1. The van der Waals surface area contributed by atoms with Crippen molar-refractivity contribution >= 4 is 6.09 Å². The summed E-state index contributed by atoms with van der Waals surface area (Å²) in [6.07, 6.45) is -0.642. The molecule has 0 aliphatic rings. The molecule has 0 aromatic heterocycles. The Bertz CT molecular complexity index is 174. The molecule has 0 bridgehead atoms. The van der Waals surface area contributed by atoms with Crippen LogP contribution >= 0.6 is 0 Å². The second-order valence-electron chi connectivity index (χ2n) is 3.93. The molecule has 0 saturated carbocycles. The highest BCUT2D eigenvalue weighted by molar-refractivity contribution is 5.67. The van der Waals surface area contributed by atoms with E-state index in [-0.39, 0.29) is 12.3 Å². The zero-order chi connectivity index (χ0) is 10.6. The van der Waals surface area contributed by atoms with Crippen LogP contribution in [-0.2, 0) is 9.47 Å². The van der Waals surface area contributed by atoms with E-state index in [1.165, 1.54) is 4.90 Å². The van der Waals surface area contributed by atoms with Crippen molar-refractivity contribution in [2.45, 2.75) is 39.5 Å².